The minimum atomic E-state index is -0.493. The molecule has 8 heteroatoms. The number of ether oxygens (including phenoxy) is 1. The Hall–Kier alpha value is -4.20. The largest absolute Gasteiger partial charge is 0.466 e. The van der Waals surface area contributed by atoms with E-state index in [1.54, 1.807) is 50.2 Å². The Morgan fingerprint density at radius 1 is 1.03 bits per heavy atom. The zero-order valence-corrected chi connectivity index (χ0v) is 17.7. The third-order valence-electron chi connectivity index (χ3n) is 4.99. The Balaban J connectivity index is 1.78. The number of hydrogen-bond acceptors (Lipinski definition) is 5. The second kappa shape index (κ2) is 8.89. The van der Waals surface area contributed by atoms with E-state index in [0.717, 1.165) is 0 Å². The Bertz CT molecular complexity index is 1270. The monoisotopic (exact) mass is 430 g/mol. The molecule has 0 saturated heterocycles. The highest BCUT2D eigenvalue weighted by molar-refractivity contribution is 6.34. The first-order valence-corrected chi connectivity index (χ1v) is 10.2. The molecule has 1 aliphatic rings. The molecule has 2 aromatic carbocycles. The predicted octanol–water partition coefficient (Wildman–Crippen LogP) is 3.21. The summed E-state index contributed by atoms with van der Waals surface area (Å²) in [5, 5.41) is 8.65. The fourth-order valence-electron chi connectivity index (χ4n) is 3.46. The summed E-state index contributed by atoms with van der Waals surface area (Å²) in [7, 11) is 0. The molecule has 0 radical (unpaired) electrons. The summed E-state index contributed by atoms with van der Waals surface area (Å²) >= 11 is 0. The first-order chi connectivity index (χ1) is 15.5. The number of anilines is 1. The third-order valence-corrected chi connectivity index (χ3v) is 4.99. The van der Waals surface area contributed by atoms with Gasteiger partial charge in [-0.1, -0.05) is 36.4 Å². The van der Waals surface area contributed by atoms with Crippen LogP contribution in [0.2, 0.25) is 0 Å². The number of carbonyl (C=O) groups excluding carboxylic acids is 2. The summed E-state index contributed by atoms with van der Waals surface area (Å²) < 4.78 is 6.45. The summed E-state index contributed by atoms with van der Waals surface area (Å²) in [4.78, 5) is 38.5. The van der Waals surface area contributed by atoms with Crippen molar-refractivity contribution in [3.05, 3.63) is 87.8 Å². The molecule has 0 aliphatic carbocycles. The number of rotatable bonds is 6. The van der Waals surface area contributed by atoms with E-state index in [-0.39, 0.29) is 29.9 Å². The maximum absolute atomic E-state index is 13.2. The van der Waals surface area contributed by atoms with Crippen LogP contribution in [0.1, 0.15) is 24.6 Å². The number of hydrogen-bond donors (Lipinski definition) is 1. The van der Waals surface area contributed by atoms with Crippen molar-refractivity contribution in [1.29, 1.82) is 0 Å². The predicted molar refractivity (Wildman–Crippen MR) is 122 cm³/mol. The highest BCUT2D eigenvalue weighted by Gasteiger charge is 2.33. The molecule has 0 saturated carbocycles. The van der Waals surface area contributed by atoms with E-state index in [4.69, 9.17) is 4.74 Å². The quantitative estimate of drug-likeness (QED) is 0.480. The summed E-state index contributed by atoms with van der Waals surface area (Å²) in [6.45, 7) is 3.69. The number of nitrogens with one attached hydrogen (secondary N) is 1. The molecular weight excluding hydrogens is 408 g/mol. The molecule has 2 heterocycles. The van der Waals surface area contributed by atoms with Gasteiger partial charge >= 0.3 is 5.97 Å². The summed E-state index contributed by atoms with van der Waals surface area (Å²) in [6.07, 6.45) is 1.32. The molecule has 0 bridgehead atoms. The van der Waals surface area contributed by atoms with E-state index in [0.29, 0.717) is 22.6 Å². The van der Waals surface area contributed by atoms with Crippen molar-refractivity contribution in [2.75, 3.05) is 11.6 Å². The van der Waals surface area contributed by atoms with Crippen LogP contribution in [-0.4, -0.2) is 34.0 Å². The van der Waals surface area contributed by atoms with Gasteiger partial charge in [-0.2, -0.15) is 10.1 Å². The second-order valence-corrected chi connectivity index (χ2v) is 7.17. The van der Waals surface area contributed by atoms with Crippen LogP contribution in [0.25, 0.3) is 11.8 Å². The third kappa shape index (κ3) is 4.02. The lowest BCUT2D eigenvalue weighted by Crippen LogP contribution is -2.22. The lowest BCUT2D eigenvalue weighted by atomic mass is 10.0. The lowest BCUT2D eigenvalue weighted by molar-refractivity contribution is -0.141. The van der Waals surface area contributed by atoms with Crippen LogP contribution < -0.4 is 10.6 Å². The topological polar surface area (TPSA) is 96.8 Å². The maximum atomic E-state index is 13.2. The van der Waals surface area contributed by atoms with Crippen LogP contribution in [0.15, 0.2) is 76.1 Å². The number of esters is 1. The van der Waals surface area contributed by atoms with Gasteiger partial charge in [-0.3, -0.25) is 19.5 Å². The van der Waals surface area contributed by atoms with Crippen molar-refractivity contribution < 1.29 is 14.3 Å². The van der Waals surface area contributed by atoms with Crippen molar-refractivity contribution in [3.63, 3.8) is 0 Å². The average Bonchev–Trinajstić information content (AvgIpc) is 3.26. The van der Waals surface area contributed by atoms with Crippen molar-refractivity contribution in [2.24, 2.45) is 5.10 Å². The molecule has 162 valence electrons. The number of carbonyl (C=O) groups is 2. The van der Waals surface area contributed by atoms with Gasteiger partial charge in [-0.25, -0.2) is 4.68 Å². The molecule has 3 aromatic rings. The van der Waals surface area contributed by atoms with Crippen molar-refractivity contribution in [1.82, 2.24) is 9.78 Å². The minimum Gasteiger partial charge on any atom is -0.466 e. The van der Waals surface area contributed by atoms with Crippen LogP contribution in [0.3, 0.4) is 0 Å². The number of aromatic amines is 1. The molecule has 4 rings (SSSR count). The van der Waals surface area contributed by atoms with E-state index in [1.807, 2.05) is 24.3 Å². The normalized spacial score (nSPS) is 14.7. The molecule has 32 heavy (non-hydrogen) atoms. The van der Waals surface area contributed by atoms with Gasteiger partial charge in [0.2, 0.25) is 0 Å². The van der Waals surface area contributed by atoms with E-state index in [2.05, 4.69) is 10.2 Å². The molecule has 0 atom stereocenters. The van der Waals surface area contributed by atoms with Gasteiger partial charge in [0, 0.05) is 5.69 Å². The van der Waals surface area contributed by atoms with Crippen molar-refractivity contribution in [2.45, 2.75) is 20.3 Å². The van der Waals surface area contributed by atoms with Crippen LogP contribution in [-0.2, 0) is 14.3 Å². The van der Waals surface area contributed by atoms with Gasteiger partial charge < -0.3 is 4.74 Å². The summed E-state index contributed by atoms with van der Waals surface area (Å²) in [6, 6.07) is 18.0. The van der Waals surface area contributed by atoms with E-state index >= 15 is 0 Å². The van der Waals surface area contributed by atoms with Crippen molar-refractivity contribution >= 4 is 29.4 Å². The van der Waals surface area contributed by atoms with Crippen LogP contribution in [0, 0.1) is 6.92 Å². The Morgan fingerprint density at radius 2 is 1.66 bits per heavy atom. The number of amides is 1. The van der Waals surface area contributed by atoms with Crippen molar-refractivity contribution in [3.8, 4) is 5.69 Å². The van der Waals surface area contributed by atoms with Crippen LogP contribution in [0.4, 0.5) is 5.69 Å². The Kier molecular flexibility index (Phi) is 5.85. The molecule has 1 aromatic heterocycles. The standard InChI is InChI=1S/C24H22N4O4/c1-3-32-22(29)15-21-20(24(31)28(26-21)18-12-8-5-9-13-18)14-19-16(2)25-27(23(19)30)17-10-6-4-7-11-17/h4-14,25H,3,15H2,1-2H3/b20-14-. The number of nitrogens with zero attached hydrogens (tertiary/aromatic N) is 3. The lowest BCUT2D eigenvalue weighted by Gasteiger charge is -2.10. The molecule has 1 aliphatic heterocycles. The Labute approximate surface area is 184 Å². The molecule has 0 fully saturated rings. The van der Waals surface area contributed by atoms with Crippen LogP contribution in [0.5, 0.6) is 0 Å². The number of hydrazone groups is 1. The number of aryl methyl sites for hydroxylation is 1. The molecule has 8 nitrogen and oxygen atoms in total. The van der Waals surface area contributed by atoms with Gasteiger partial charge in [-0.05, 0) is 44.2 Å². The maximum Gasteiger partial charge on any atom is 0.311 e. The summed E-state index contributed by atoms with van der Waals surface area (Å²) in [5.41, 5.74) is 2.29. The molecule has 1 N–H and O–H groups in total. The summed E-state index contributed by atoms with van der Waals surface area (Å²) in [5.74, 6) is -0.908. The van der Waals surface area contributed by atoms with Gasteiger partial charge in [0.25, 0.3) is 11.5 Å². The molecule has 0 spiro atoms. The molecule has 0 unspecified atom stereocenters. The van der Waals surface area contributed by atoms with E-state index < -0.39 is 11.9 Å². The number of para-hydroxylation sites is 2. The molecule has 1 amide bonds. The minimum absolute atomic E-state index is 0.176. The number of H-pyrrole nitrogens is 1. The fraction of sp³-hybridized carbons (Fsp3) is 0.167. The van der Waals surface area contributed by atoms with Gasteiger partial charge in [-0.15, -0.1) is 0 Å². The smallest absolute Gasteiger partial charge is 0.311 e. The van der Waals surface area contributed by atoms with E-state index in [1.165, 1.54) is 15.8 Å². The Morgan fingerprint density at radius 3 is 2.28 bits per heavy atom. The van der Waals surface area contributed by atoms with Gasteiger partial charge in [0.15, 0.2) is 0 Å². The SMILES string of the molecule is CCOC(=O)CC1=NN(c2ccccc2)C(=O)/C1=C\c1c(C)[nH]n(-c2ccccc2)c1=O. The van der Waals surface area contributed by atoms with Gasteiger partial charge in [0.1, 0.15) is 0 Å². The van der Waals surface area contributed by atoms with Crippen LogP contribution >= 0.6 is 0 Å². The zero-order chi connectivity index (χ0) is 22.7. The highest BCUT2D eigenvalue weighted by Crippen LogP contribution is 2.26. The number of benzene rings is 2. The first kappa shape index (κ1) is 21.0. The zero-order valence-electron chi connectivity index (χ0n) is 17.7. The van der Waals surface area contributed by atoms with Gasteiger partial charge in [0.05, 0.1) is 41.3 Å². The first-order valence-electron chi connectivity index (χ1n) is 10.2. The second-order valence-electron chi connectivity index (χ2n) is 7.17. The number of aromatic nitrogens is 2. The fourth-order valence-corrected chi connectivity index (χ4v) is 3.46. The highest BCUT2D eigenvalue weighted by atomic mass is 16.5. The molecular formula is C24H22N4O4. The average molecular weight is 430 g/mol. The van der Waals surface area contributed by atoms with E-state index in [9.17, 15) is 14.4 Å².